The summed E-state index contributed by atoms with van der Waals surface area (Å²) in [6, 6.07) is 13.6. The van der Waals surface area contributed by atoms with Crippen LogP contribution >= 0.6 is 11.8 Å². The highest BCUT2D eigenvalue weighted by atomic mass is 32.2. The van der Waals surface area contributed by atoms with Crippen LogP contribution in [0.2, 0.25) is 0 Å². The first-order valence-electron chi connectivity index (χ1n) is 9.78. The summed E-state index contributed by atoms with van der Waals surface area (Å²) < 4.78 is 12.5. The van der Waals surface area contributed by atoms with Crippen LogP contribution < -0.4 is 4.90 Å². The number of methoxy groups -OCH3 is 1. The third-order valence-electron chi connectivity index (χ3n) is 4.97. The number of rotatable bonds is 6. The molecule has 0 aliphatic carbocycles. The van der Waals surface area contributed by atoms with Crippen molar-refractivity contribution in [3.63, 3.8) is 0 Å². The second-order valence-corrected chi connectivity index (χ2v) is 8.26. The summed E-state index contributed by atoms with van der Waals surface area (Å²) in [7, 11) is 1.34. The van der Waals surface area contributed by atoms with Crippen LogP contribution in [0.1, 0.15) is 47.8 Å². The molecule has 3 heterocycles. The Kier molecular flexibility index (Phi) is 5.89. The van der Waals surface area contributed by atoms with Crippen LogP contribution in [0.25, 0.3) is 5.69 Å². The standard InChI is InChI=1S/C21H24N4O3S/c1-15(17-11-12-18(28-17)19(26)27-2)29-21-23-22-20(24-13-7-4-8-14-24)25(21)16-9-5-3-6-10-16/h3,5-6,9-12,15H,4,7-8,13-14H2,1-2H3. The van der Waals surface area contributed by atoms with E-state index in [1.54, 1.807) is 23.9 Å². The number of hydrogen-bond acceptors (Lipinski definition) is 7. The van der Waals surface area contributed by atoms with E-state index in [0.717, 1.165) is 29.9 Å². The zero-order valence-corrected chi connectivity index (χ0v) is 17.4. The molecule has 3 aromatic rings. The van der Waals surface area contributed by atoms with Gasteiger partial charge >= 0.3 is 5.97 Å². The van der Waals surface area contributed by atoms with Crippen LogP contribution in [0.4, 0.5) is 5.95 Å². The molecule has 1 fully saturated rings. The van der Waals surface area contributed by atoms with Gasteiger partial charge in [0.05, 0.1) is 18.0 Å². The largest absolute Gasteiger partial charge is 0.463 e. The van der Waals surface area contributed by atoms with E-state index in [1.807, 2.05) is 25.1 Å². The Morgan fingerprint density at radius 3 is 2.59 bits per heavy atom. The Balaban J connectivity index is 1.64. The van der Waals surface area contributed by atoms with E-state index in [4.69, 9.17) is 9.15 Å². The zero-order valence-electron chi connectivity index (χ0n) is 16.6. The number of furan rings is 1. The lowest BCUT2D eigenvalue weighted by Crippen LogP contribution is -2.31. The fraction of sp³-hybridized carbons (Fsp3) is 0.381. The van der Waals surface area contributed by atoms with Gasteiger partial charge in [-0.3, -0.25) is 4.57 Å². The van der Waals surface area contributed by atoms with Gasteiger partial charge in [-0.15, -0.1) is 10.2 Å². The molecule has 8 heteroatoms. The SMILES string of the molecule is COC(=O)c1ccc(C(C)Sc2nnc(N3CCCCC3)n2-c2ccccc2)o1. The lowest BCUT2D eigenvalue weighted by atomic mass is 10.1. The quantitative estimate of drug-likeness (QED) is 0.436. The van der Waals surface area contributed by atoms with Gasteiger partial charge in [-0.25, -0.2) is 4.79 Å². The van der Waals surface area contributed by atoms with E-state index in [2.05, 4.69) is 31.8 Å². The van der Waals surface area contributed by atoms with E-state index in [0.29, 0.717) is 5.76 Å². The number of nitrogens with zero attached hydrogens (tertiary/aromatic N) is 4. The van der Waals surface area contributed by atoms with Crippen molar-refractivity contribution in [2.45, 2.75) is 36.6 Å². The van der Waals surface area contributed by atoms with Gasteiger partial charge in [0.25, 0.3) is 0 Å². The Labute approximate surface area is 174 Å². The number of benzene rings is 1. The molecule has 0 amide bonds. The van der Waals surface area contributed by atoms with Crippen molar-refractivity contribution in [1.82, 2.24) is 14.8 Å². The monoisotopic (exact) mass is 412 g/mol. The number of thioether (sulfide) groups is 1. The van der Waals surface area contributed by atoms with Crippen molar-refractivity contribution < 1.29 is 13.9 Å². The number of esters is 1. The number of aromatic nitrogens is 3. The lowest BCUT2D eigenvalue weighted by Gasteiger charge is -2.28. The first kappa shape index (κ1) is 19.6. The summed E-state index contributed by atoms with van der Waals surface area (Å²) in [5, 5.41) is 9.76. The lowest BCUT2D eigenvalue weighted by molar-refractivity contribution is 0.0563. The van der Waals surface area contributed by atoms with Crippen LogP contribution in [0.5, 0.6) is 0 Å². The maximum Gasteiger partial charge on any atom is 0.373 e. The second-order valence-electron chi connectivity index (χ2n) is 6.95. The van der Waals surface area contributed by atoms with Crippen molar-refractivity contribution in [1.29, 1.82) is 0 Å². The smallest absolute Gasteiger partial charge is 0.373 e. The molecule has 1 aliphatic rings. The molecule has 0 bridgehead atoms. The Morgan fingerprint density at radius 2 is 1.86 bits per heavy atom. The minimum atomic E-state index is -0.478. The van der Waals surface area contributed by atoms with E-state index >= 15 is 0 Å². The number of carbonyl (C=O) groups is 1. The topological polar surface area (TPSA) is 73.4 Å². The number of para-hydroxylation sites is 1. The van der Waals surface area contributed by atoms with Gasteiger partial charge in [-0.05, 0) is 50.5 Å². The van der Waals surface area contributed by atoms with Crippen molar-refractivity contribution >= 4 is 23.7 Å². The fourth-order valence-electron chi connectivity index (χ4n) is 3.44. The van der Waals surface area contributed by atoms with Crippen LogP contribution in [0.3, 0.4) is 0 Å². The van der Waals surface area contributed by atoms with Gasteiger partial charge in [-0.2, -0.15) is 0 Å². The maximum absolute atomic E-state index is 11.7. The highest BCUT2D eigenvalue weighted by Gasteiger charge is 2.24. The van der Waals surface area contributed by atoms with Crippen molar-refractivity contribution in [2.75, 3.05) is 25.1 Å². The normalized spacial score (nSPS) is 15.3. The maximum atomic E-state index is 11.7. The van der Waals surface area contributed by atoms with Gasteiger partial charge in [0.15, 0.2) is 5.16 Å². The summed E-state index contributed by atoms with van der Waals surface area (Å²) in [5.41, 5.74) is 1.03. The molecule has 29 heavy (non-hydrogen) atoms. The molecule has 1 aliphatic heterocycles. The molecule has 0 spiro atoms. The summed E-state index contributed by atoms with van der Waals surface area (Å²) in [4.78, 5) is 14.0. The number of piperidine rings is 1. The summed E-state index contributed by atoms with van der Waals surface area (Å²) in [6.45, 7) is 4.01. The molecular formula is C21H24N4O3S. The number of ether oxygens (including phenoxy) is 1. The van der Waals surface area contributed by atoms with E-state index in [9.17, 15) is 4.79 Å². The predicted octanol–water partition coefficient (Wildman–Crippen LogP) is 4.49. The Morgan fingerprint density at radius 1 is 1.10 bits per heavy atom. The third kappa shape index (κ3) is 4.17. The molecule has 1 atom stereocenters. The first-order chi connectivity index (χ1) is 14.2. The van der Waals surface area contributed by atoms with Crippen LogP contribution in [0, 0.1) is 0 Å². The average molecular weight is 413 g/mol. The minimum absolute atomic E-state index is 0.0470. The van der Waals surface area contributed by atoms with Crippen molar-refractivity contribution in [2.24, 2.45) is 0 Å². The Bertz CT molecular complexity index is 963. The average Bonchev–Trinajstić information content (AvgIpc) is 3.42. The van der Waals surface area contributed by atoms with E-state index in [1.165, 1.54) is 26.4 Å². The molecule has 0 N–H and O–H groups in total. The Hall–Kier alpha value is -2.74. The zero-order chi connectivity index (χ0) is 20.2. The summed E-state index contributed by atoms with van der Waals surface area (Å²) in [6.07, 6.45) is 3.60. The molecule has 4 rings (SSSR count). The molecule has 0 saturated carbocycles. The molecular weight excluding hydrogens is 388 g/mol. The molecule has 1 saturated heterocycles. The van der Waals surface area contributed by atoms with Crippen molar-refractivity contribution in [3.8, 4) is 5.69 Å². The fourth-order valence-corrected chi connectivity index (χ4v) is 4.38. The molecule has 0 radical (unpaired) electrons. The number of hydrogen-bond donors (Lipinski definition) is 0. The number of anilines is 1. The van der Waals surface area contributed by atoms with Crippen LogP contribution in [-0.2, 0) is 4.74 Å². The van der Waals surface area contributed by atoms with Crippen LogP contribution in [0.15, 0.2) is 52.0 Å². The predicted molar refractivity (Wildman–Crippen MR) is 112 cm³/mol. The van der Waals surface area contributed by atoms with Gasteiger partial charge in [-0.1, -0.05) is 30.0 Å². The highest BCUT2D eigenvalue weighted by molar-refractivity contribution is 7.99. The molecule has 1 aromatic carbocycles. The molecule has 1 unspecified atom stereocenters. The third-order valence-corrected chi connectivity index (χ3v) is 6.03. The highest BCUT2D eigenvalue weighted by Crippen LogP contribution is 2.37. The van der Waals surface area contributed by atoms with E-state index < -0.39 is 5.97 Å². The summed E-state index contributed by atoms with van der Waals surface area (Å²) >= 11 is 1.55. The van der Waals surface area contributed by atoms with Crippen LogP contribution in [-0.4, -0.2) is 40.9 Å². The molecule has 2 aromatic heterocycles. The molecule has 152 valence electrons. The van der Waals surface area contributed by atoms with E-state index in [-0.39, 0.29) is 11.0 Å². The number of carbonyl (C=O) groups excluding carboxylic acids is 1. The second kappa shape index (κ2) is 8.73. The minimum Gasteiger partial charge on any atom is -0.463 e. The van der Waals surface area contributed by atoms with Gasteiger partial charge < -0.3 is 14.1 Å². The molecule has 7 nitrogen and oxygen atoms in total. The van der Waals surface area contributed by atoms with Gasteiger partial charge in [0.2, 0.25) is 11.7 Å². The van der Waals surface area contributed by atoms with Crippen molar-refractivity contribution in [3.05, 3.63) is 54.0 Å². The summed E-state index contributed by atoms with van der Waals surface area (Å²) in [5.74, 6) is 1.29. The van der Waals surface area contributed by atoms with Gasteiger partial charge in [0.1, 0.15) is 5.76 Å². The first-order valence-corrected chi connectivity index (χ1v) is 10.7. The van der Waals surface area contributed by atoms with Gasteiger partial charge in [0, 0.05) is 13.1 Å².